The second kappa shape index (κ2) is 7.84. The first-order valence-electron chi connectivity index (χ1n) is 4.95. The lowest BCUT2D eigenvalue weighted by molar-refractivity contribution is 0.412. The Labute approximate surface area is 96.3 Å². The van der Waals surface area contributed by atoms with E-state index < -0.39 is 0 Å². The van der Waals surface area contributed by atoms with Crippen LogP contribution in [0.5, 0.6) is 5.75 Å². The Hall–Kier alpha value is -1.39. The van der Waals surface area contributed by atoms with Crippen molar-refractivity contribution < 1.29 is 9.13 Å². The fraction of sp³-hybridized carbons (Fsp3) is 0.636. The maximum absolute atomic E-state index is 11.9. The Morgan fingerprint density at radius 1 is 1.44 bits per heavy atom. The molecule has 0 atom stereocenters. The third kappa shape index (κ3) is 4.42. The van der Waals surface area contributed by atoms with Crippen LogP contribution in [0.3, 0.4) is 0 Å². The lowest BCUT2D eigenvalue weighted by atomic mass is 10.3. The molecule has 1 aromatic heterocycles. The third-order valence-electron chi connectivity index (χ3n) is 1.95. The average molecular weight is 229 g/mol. The van der Waals surface area contributed by atoms with Crippen molar-refractivity contribution in [3.8, 4) is 5.75 Å². The van der Waals surface area contributed by atoms with Crippen LogP contribution >= 0.6 is 0 Å². The Balaban J connectivity index is 0.00000225. The van der Waals surface area contributed by atoms with Gasteiger partial charge in [0.1, 0.15) is 5.82 Å². The molecule has 1 heterocycles. The van der Waals surface area contributed by atoms with Crippen molar-refractivity contribution >= 4 is 5.82 Å². The summed E-state index contributed by atoms with van der Waals surface area (Å²) in [5.74, 6) is 1.97. The first kappa shape index (κ1) is 14.6. The number of unbranched alkanes of at least 4 members (excludes halogenated alkanes) is 1. The van der Waals surface area contributed by atoms with Gasteiger partial charge in [0, 0.05) is 6.54 Å². The zero-order chi connectivity index (χ0) is 11.1. The predicted octanol–water partition coefficient (Wildman–Crippen LogP) is 2.59. The summed E-state index contributed by atoms with van der Waals surface area (Å²) in [4.78, 5) is 8.22. The molecule has 0 saturated heterocycles. The molecular weight excluding hydrogens is 209 g/mol. The molecule has 16 heavy (non-hydrogen) atoms. The van der Waals surface area contributed by atoms with Crippen LogP contribution in [0.15, 0.2) is 6.20 Å². The molecule has 0 spiro atoms. The third-order valence-corrected chi connectivity index (χ3v) is 1.95. The van der Waals surface area contributed by atoms with Crippen LogP contribution < -0.4 is 10.1 Å². The summed E-state index contributed by atoms with van der Waals surface area (Å²) in [5, 5.41) is 3.10. The van der Waals surface area contributed by atoms with Crippen LogP contribution in [0, 0.1) is 6.92 Å². The van der Waals surface area contributed by atoms with Crippen molar-refractivity contribution in [3.05, 3.63) is 12.0 Å². The lowest BCUT2D eigenvalue weighted by Gasteiger charge is -2.09. The first-order chi connectivity index (χ1) is 7.27. The summed E-state index contributed by atoms with van der Waals surface area (Å²) >= 11 is 0. The Kier molecular flexibility index (Phi) is 7.16. The molecule has 1 N–H and O–H groups in total. The SMILES string of the molecule is C.COc1cnc(C)nc1NCCCCF. The Morgan fingerprint density at radius 3 is 2.81 bits per heavy atom. The van der Waals surface area contributed by atoms with E-state index in [9.17, 15) is 4.39 Å². The van der Waals surface area contributed by atoms with Gasteiger partial charge in [0.2, 0.25) is 0 Å². The molecule has 0 aliphatic carbocycles. The highest BCUT2D eigenvalue weighted by Gasteiger charge is 2.04. The molecule has 0 radical (unpaired) electrons. The summed E-state index contributed by atoms with van der Waals surface area (Å²) in [5.41, 5.74) is 0. The number of anilines is 1. The van der Waals surface area contributed by atoms with Crippen molar-refractivity contribution in [2.24, 2.45) is 0 Å². The first-order valence-corrected chi connectivity index (χ1v) is 4.95. The van der Waals surface area contributed by atoms with E-state index in [0.29, 0.717) is 30.4 Å². The van der Waals surface area contributed by atoms with Crippen molar-refractivity contribution in [1.82, 2.24) is 9.97 Å². The molecule has 0 fully saturated rings. The summed E-state index contributed by atoms with van der Waals surface area (Å²) in [6.07, 6.45) is 2.97. The normalized spacial score (nSPS) is 9.44. The van der Waals surface area contributed by atoms with Gasteiger partial charge in [-0.25, -0.2) is 9.97 Å². The smallest absolute Gasteiger partial charge is 0.179 e. The molecule has 0 unspecified atom stereocenters. The Bertz CT molecular complexity index is 307. The Morgan fingerprint density at radius 2 is 2.19 bits per heavy atom. The molecule has 5 heteroatoms. The summed E-state index contributed by atoms with van der Waals surface area (Å²) in [6, 6.07) is 0. The van der Waals surface area contributed by atoms with Gasteiger partial charge in [0.15, 0.2) is 11.6 Å². The van der Waals surface area contributed by atoms with Crippen molar-refractivity contribution in [2.45, 2.75) is 27.2 Å². The number of aryl methyl sites for hydroxylation is 1. The van der Waals surface area contributed by atoms with E-state index in [1.54, 1.807) is 13.3 Å². The van der Waals surface area contributed by atoms with Gasteiger partial charge in [-0.2, -0.15) is 0 Å². The number of methoxy groups -OCH3 is 1. The minimum atomic E-state index is -0.276. The van der Waals surface area contributed by atoms with Crippen LogP contribution in [0.25, 0.3) is 0 Å². The van der Waals surface area contributed by atoms with Crippen LogP contribution in [0.4, 0.5) is 10.2 Å². The molecule has 0 aromatic carbocycles. The number of halogens is 1. The van der Waals surface area contributed by atoms with Gasteiger partial charge in [-0.3, -0.25) is 4.39 Å². The fourth-order valence-corrected chi connectivity index (χ4v) is 1.16. The van der Waals surface area contributed by atoms with Gasteiger partial charge in [0.25, 0.3) is 0 Å². The van der Waals surface area contributed by atoms with Crippen molar-refractivity contribution in [1.29, 1.82) is 0 Å². The number of alkyl halides is 1. The van der Waals surface area contributed by atoms with E-state index in [2.05, 4.69) is 15.3 Å². The van der Waals surface area contributed by atoms with E-state index in [4.69, 9.17) is 4.74 Å². The number of rotatable bonds is 6. The molecule has 0 aliphatic heterocycles. The fourth-order valence-electron chi connectivity index (χ4n) is 1.16. The summed E-state index contributed by atoms with van der Waals surface area (Å²) < 4.78 is 16.9. The number of aromatic nitrogens is 2. The maximum Gasteiger partial charge on any atom is 0.179 e. The van der Waals surface area contributed by atoms with Crippen molar-refractivity contribution in [2.75, 3.05) is 25.6 Å². The standard InChI is InChI=1S/C10H16FN3O.CH4/c1-8-13-7-9(15-2)10(14-8)12-6-4-3-5-11;/h7H,3-6H2,1-2H3,(H,12,13,14);1H4. The minimum absolute atomic E-state index is 0. The molecule has 1 aromatic rings. The van der Waals surface area contributed by atoms with Crippen LogP contribution in [-0.4, -0.2) is 30.3 Å². The molecular formula is C11H20FN3O. The van der Waals surface area contributed by atoms with Gasteiger partial charge >= 0.3 is 0 Å². The maximum atomic E-state index is 11.9. The average Bonchev–Trinajstić information content (AvgIpc) is 2.25. The second-order valence-corrected chi connectivity index (χ2v) is 3.16. The molecule has 0 amide bonds. The largest absolute Gasteiger partial charge is 0.491 e. The number of hydrogen-bond donors (Lipinski definition) is 1. The molecule has 1 rings (SSSR count). The topological polar surface area (TPSA) is 47.0 Å². The zero-order valence-corrected chi connectivity index (χ0v) is 9.09. The van der Waals surface area contributed by atoms with E-state index in [0.717, 1.165) is 6.42 Å². The van der Waals surface area contributed by atoms with Gasteiger partial charge in [-0.05, 0) is 19.8 Å². The summed E-state index contributed by atoms with van der Waals surface area (Å²) in [6.45, 7) is 2.23. The monoisotopic (exact) mass is 229 g/mol. The second-order valence-electron chi connectivity index (χ2n) is 3.16. The molecule has 92 valence electrons. The van der Waals surface area contributed by atoms with E-state index in [1.165, 1.54) is 0 Å². The number of ether oxygens (including phenoxy) is 1. The number of hydrogen-bond acceptors (Lipinski definition) is 4. The van der Waals surface area contributed by atoms with Gasteiger partial charge in [-0.15, -0.1) is 0 Å². The van der Waals surface area contributed by atoms with Crippen LogP contribution in [0.1, 0.15) is 26.1 Å². The number of nitrogens with one attached hydrogen (secondary N) is 1. The summed E-state index contributed by atoms with van der Waals surface area (Å²) in [7, 11) is 1.57. The van der Waals surface area contributed by atoms with Gasteiger partial charge < -0.3 is 10.1 Å². The molecule has 0 aliphatic rings. The van der Waals surface area contributed by atoms with Crippen LogP contribution in [0.2, 0.25) is 0 Å². The molecule has 0 bridgehead atoms. The minimum Gasteiger partial charge on any atom is -0.491 e. The lowest BCUT2D eigenvalue weighted by Crippen LogP contribution is -2.06. The molecule has 4 nitrogen and oxygen atoms in total. The highest BCUT2D eigenvalue weighted by Crippen LogP contribution is 2.19. The van der Waals surface area contributed by atoms with Crippen molar-refractivity contribution in [3.63, 3.8) is 0 Å². The van der Waals surface area contributed by atoms with Crippen LogP contribution in [-0.2, 0) is 0 Å². The van der Waals surface area contributed by atoms with E-state index in [-0.39, 0.29) is 14.1 Å². The van der Waals surface area contributed by atoms with E-state index >= 15 is 0 Å². The highest BCUT2D eigenvalue weighted by molar-refractivity contribution is 5.48. The highest BCUT2D eigenvalue weighted by atomic mass is 19.1. The number of nitrogens with zero attached hydrogens (tertiary/aromatic N) is 2. The molecule has 0 saturated carbocycles. The zero-order valence-electron chi connectivity index (χ0n) is 9.09. The van der Waals surface area contributed by atoms with Gasteiger partial charge in [-0.1, -0.05) is 7.43 Å². The quantitative estimate of drug-likeness (QED) is 0.762. The van der Waals surface area contributed by atoms with E-state index in [1.807, 2.05) is 6.92 Å². The predicted molar refractivity (Wildman–Crippen MR) is 63.8 cm³/mol. The van der Waals surface area contributed by atoms with Gasteiger partial charge in [0.05, 0.1) is 20.0 Å².